The first-order valence-electron chi connectivity index (χ1n) is 10.9. The van der Waals surface area contributed by atoms with E-state index < -0.39 is 10.0 Å². The number of likely N-dealkylation sites (tertiary alicyclic amines) is 1. The Bertz CT molecular complexity index is 1110. The van der Waals surface area contributed by atoms with Crippen LogP contribution in [0.2, 0.25) is 5.02 Å². The molecule has 0 unspecified atom stereocenters. The maximum Gasteiger partial charge on any atom is 0.253 e. The number of piperidine rings is 1. The van der Waals surface area contributed by atoms with Crippen molar-refractivity contribution in [1.29, 1.82) is 0 Å². The van der Waals surface area contributed by atoms with Gasteiger partial charge in [-0.15, -0.1) is 0 Å². The van der Waals surface area contributed by atoms with Crippen LogP contribution in [-0.4, -0.2) is 69.3 Å². The molecule has 2 aromatic carbocycles. The number of halogens is 1. The third-order valence-electron chi connectivity index (χ3n) is 6.34. The second-order valence-corrected chi connectivity index (χ2v) is 10.4. The Hall–Kier alpha value is -2.62. The van der Waals surface area contributed by atoms with E-state index in [9.17, 15) is 18.0 Å². The number of nitrogens with two attached hydrogens (primary N) is 1. The highest BCUT2D eigenvalue weighted by atomic mass is 35.5. The molecule has 8 nitrogen and oxygen atoms in total. The van der Waals surface area contributed by atoms with Gasteiger partial charge in [0.05, 0.1) is 4.90 Å². The molecular formula is C23H27ClN4O4S. The van der Waals surface area contributed by atoms with Gasteiger partial charge in [-0.1, -0.05) is 11.6 Å². The molecule has 2 aromatic rings. The molecular weight excluding hydrogens is 464 g/mol. The number of rotatable bonds is 4. The monoisotopic (exact) mass is 490 g/mol. The van der Waals surface area contributed by atoms with E-state index >= 15 is 0 Å². The van der Waals surface area contributed by atoms with Crippen LogP contribution in [0, 0.1) is 5.92 Å². The number of hydrogen-bond acceptors (Lipinski definition) is 5. The lowest BCUT2D eigenvalue weighted by Gasteiger charge is -2.39. The molecule has 4 rings (SSSR count). The van der Waals surface area contributed by atoms with Crippen LogP contribution >= 0.6 is 11.6 Å². The molecule has 0 atom stereocenters. The van der Waals surface area contributed by atoms with Gasteiger partial charge in [-0.05, 0) is 61.4 Å². The maximum atomic E-state index is 13.0. The van der Waals surface area contributed by atoms with Gasteiger partial charge >= 0.3 is 0 Å². The fraction of sp³-hybridized carbons (Fsp3) is 0.391. The summed E-state index contributed by atoms with van der Waals surface area (Å²) in [6.45, 7) is 3.90. The van der Waals surface area contributed by atoms with E-state index in [-0.39, 0.29) is 22.6 Å². The summed E-state index contributed by atoms with van der Waals surface area (Å²) in [5, 5.41) is 5.81. The van der Waals surface area contributed by atoms with Crippen molar-refractivity contribution in [2.45, 2.75) is 17.7 Å². The van der Waals surface area contributed by atoms with Gasteiger partial charge in [0.1, 0.15) is 0 Å². The molecule has 10 heteroatoms. The summed E-state index contributed by atoms with van der Waals surface area (Å²) in [5.41, 5.74) is 1.51. The largest absolute Gasteiger partial charge is 0.368 e. The first kappa shape index (κ1) is 23.5. The standard InChI is InChI=1S/C23H27ClN4O4S/c24-19-3-5-20(6-4-19)26-13-15-28(16-14-26)23(30)18-9-11-27(12-10-18)22(29)17-1-7-21(8-2-17)33(25,31)32/h1-8,18H,9-16H2,(H2,25,31,32). The smallest absolute Gasteiger partial charge is 0.253 e. The summed E-state index contributed by atoms with van der Waals surface area (Å²) < 4.78 is 22.8. The van der Waals surface area contributed by atoms with Gasteiger partial charge in [0, 0.05) is 61.5 Å². The molecule has 0 spiro atoms. The lowest BCUT2D eigenvalue weighted by molar-refractivity contribution is -0.137. The molecule has 2 saturated heterocycles. The average molecular weight is 491 g/mol. The van der Waals surface area contributed by atoms with Crippen LogP contribution in [0.25, 0.3) is 0 Å². The predicted octanol–water partition coefficient (Wildman–Crippen LogP) is 2.19. The fourth-order valence-corrected chi connectivity index (χ4v) is 5.04. The lowest BCUT2D eigenvalue weighted by atomic mass is 9.94. The Labute approximate surface area is 198 Å². The molecule has 0 aromatic heterocycles. The van der Waals surface area contributed by atoms with Crippen molar-refractivity contribution < 1.29 is 18.0 Å². The normalized spacial score (nSPS) is 17.8. The van der Waals surface area contributed by atoms with Crippen molar-refractivity contribution in [3.05, 3.63) is 59.1 Å². The second-order valence-electron chi connectivity index (χ2n) is 8.42. The number of carbonyl (C=O) groups is 2. The van der Waals surface area contributed by atoms with Gasteiger partial charge in [-0.3, -0.25) is 9.59 Å². The zero-order valence-electron chi connectivity index (χ0n) is 18.2. The summed E-state index contributed by atoms with van der Waals surface area (Å²) >= 11 is 5.97. The topological polar surface area (TPSA) is 104 Å². The number of benzene rings is 2. The van der Waals surface area contributed by atoms with Crippen LogP contribution in [0.15, 0.2) is 53.4 Å². The molecule has 2 N–H and O–H groups in total. The van der Waals surface area contributed by atoms with Gasteiger partial charge < -0.3 is 14.7 Å². The molecule has 2 aliphatic rings. The van der Waals surface area contributed by atoms with Crippen LogP contribution in [0.5, 0.6) is 0 Å². The van der Waals surface area contributed by atoms with Crippen molar-refractivity contribution in [1.82, 2.24) is 9.80 Å². The number of hydrogen-bond donors (Lipinski definition) is 1. The maximum absolute atomic E-state index is 13.0. The quantitative estimate of drug-likeness (QED) is 0.707. The summed E-state index contributed by atoms with van der Waals surface area (Å²) in [7, 11) is -3.79. The molecule has 0 saturated carbocycles. The Kier molecular flexibility index (Phi) is 6.92. The zero-order chi connectivity index (χ0) is 23.6. The molecule has 0 radical (unpaired) electrons. The third kappa shape index (κ3) is 5.48. The fourth-order valence-electron chi connectivity index (χ4n) is 4.39. The molecule has 2 aliphatic heterocycles. The number of primary sulfonamides is 1. The zero-order valence-corrected chi connectivity index (χ0v) is 19.8. The molecule has 0 bridgehead atoms. The predicted molar refractivity (Wildman–Crippen MR) is 127 cm³/mol. The highest BCUT2D eigenvalue weighted by Gasteiger charge is 2.32. The minimum Gasteiger partial charge on any atom is -0.368 e. The van der Waals surface area contributed by atoms with Gasteiger partial charge in [0.15, 0.2) is 0 Å². The van der Waals surface area contributed by atoms with Crippen LogP contribution in [-0.2, 0) is 14.8 Å². The van der Waals surface area contributed by atoms with Crippen molar-refractivity contribution in [3.63, 3.8) is 0 Å². The van der Waals surface area contributed by atoms with E-state index in [1.165, 1.54) is 24.3 Å². The Morgan fingerprint density at radius 1 is 0.818 bits per heavy atom. The summed E-state index contributed by atoms with van der Waals surface area (Å²) in [4.78, 5) is 31.7. The van der Waals surface area contributed by atoms with Crippen LogP contribution < -0.4 is 10.0 Å². The number of anilines is 1. The van der Waals surface area contributed by atoms with Crippen LogP contribution in [0.1, 0.15) is 23.2 Å². The van der Waals surface area contributed by atoms with E-state index in [4.69, 9.17) is 16.7 Å². The Balaban J connectivity index is 1.27. The van der Waals surface area contributed by atoms with Crippen LogP contribution in [0.4, 0.5) is 5.69 Å². The second kappa shape index (κ2) is 9.70. The molecule has 2 fully saturated rings. The van der Waals surface area contributed by atoms with E-state index in [2.05, 4.69) is 4.90 Å². The van der Waals surface area contributed by atoms with Gasteiger partial charge in [0.2, 0.25) is 15.9 Å². The van der Waals surface area contributed by atoms with Crippen molar-refractivity contribution in [3.8, 4) is 0 Å². The van der Waals surface area contributed by atoms with E-state index in [0.29, 0.717) is 49.6 Å². The van der Waals surface area contributed by atoms with Crippen molar-refractivity contribution >= 4 is 39.1 Å². The SMILES string of the molecule is NS(=O)(=O)c1ccc(C(=O)N2CCC(C(=O)N3CCN(c4ccc(Cl)cc4)CC3)CC2)cc1. The number of piperazine rings is 1. The highest BCUT2D eigenvalue weighted by Crippen LogP contribution is 2.24. The summed E-state index contributed by atoms with van der Waals surface area (Å²) in [6.07, 6.45) is 1.24. The molecule has 2 amide bonds. The molecule has 2 heterocycles. The molecule has 33 heavy (non-hydrogen) atoms. The van der Waals surface area contributed by atoms with Crippen molar-refractivity contribution in [2.75, 3.05) is 44.2 Å². The number of carbonyl (C=O) groups excluding carboxylic acids is 2. The summed E-state index contributed by atoms with van der Waals surface area (Å²) in [5.74, 6) is -0.0882. The van der Waals surface area contributed by atoms with Crippen molar-refractivity contribution in [2.24, 2.45) is 11.1 Å². The first-order chi connectivity index (χ1) is 15.7. The third-order valence-corrected chi connectivity index (χ3v) is 7.53. The minimum atomic E-state index is -3.79. The van der Waals surface area contributed by atoms with Crippen LogP contribution in [0.3, 0.4) is 0 Å². The number of nitrogens with zero attached hydrogens (tertiary/aromatic N) is 3. The minimum absolute atomic E-state index is 0.0282. The number of sulfonamides is 1. The highest BCUT2D eigenvalue weighted by molar-refractivity contribution is 7.89. The molecule has 0 aliphatic carbocycles. The van der Waals surface area contributed by atoms with E-state index in [0.717, 1.165) is 18.8 Å². The van der Waals surface area contributed by atoms with Gasteiger partial charge in [-0.2, -0.15) is 0 Å². The van der Waals surface area contributed by atoms with E-state index in [1.54, 1.807) is 4.90 Å². The average Bonchev–Trinajstić information content (AvgIpc) is 2.83. The Morgan fingerprint density at radius 2 is 1.39 bits per heavy atom. The first-order valence-corrected chi connectivity index (χ1v) is 12.9. The lowest BCUT2D eigenvalue weighted by Crippen LogP contribution is -2.52. The Morgan fingerprint density at radius 3 is 1.94 bits per heavy atom. The summed E-state index contributed by atoms with van der Waals surface area (Å²) in [6, 6.07) is 13.4. The van der Waals surface area contributed by atoms with Gasteiger partial charge in [0.25, 0.3) is 5.91 Å². The number of amides is 2. The molecule has 176 valence electrons. The van der Waals surface area contributed by atoms with E-state index in [1.807, 2.05) is 29.2 Å². The van der Waals surface area contributed by atoms with Gasteiger partial charge in [-0.25, -0.2) is 13.6 Å².